The highest BCUT2D eigenvalue weighted by atomic mass is 16.5. The molecule has 2 saturated heterocycles. The van der Waals surface area contributed by atoms with Crippen LogP contribution in [0.5, 0.6) is 5.88 Å². The van der Waals surface area contributed by atoms with E-state index >= 15 is 0 Å². The van der Waals surface area contributed by atoms with Crippen LogP contribution < -0.4 is 19.9 Å². The summed E-state index contributed by atoms with van der Waals surface area (Å²) in [5, 5.41) is 2.89. The van der Waals surface area contributed by atoms with Crippen molar-refractivity contribution in [3.05, 3.63) is 36.2 Å². The van der Waals surface area contributed by atoms with Gasteiger partial charge < -0.3 is 29.5 Å². The first-order valence-electron chi connectivity index (χ1n) is 10.2. The molecule has 9 heteroatoms. The summed E-state index contributed by atoms with van der Waals surface area (Å²) in [4.78, 5) is 28.4. The summed E-state index contributed by atoms with van der Waals surface area (Å²) in [7, 11) is 3.68. The van der Waals surface area contributed by atoms with Gasteiger partial charge in [-0.3, -0.25) is 9.78 Å². The maximum atomic E-state index is 12.8. The molecule has 0 unspecified atom stereocenters. The molecule has 2 aromatic rings. The van der Waals surface area contributed by atoms with Crippen LogP contribution in [-0.4, -0.2) is 87.4 Å². The van der Waals surface area contributed by atoms with E-state index in [0.717, 1.165) is 50.8 Å². The molecule has 2 aromatic heterocycles. The highest BCUT2D eigenvalue weighted by Gasteiger charge is 2.19. The zero-order chi connectivity index (χ0) is 20.9. The van der Waals surface area contributed by atoms with Crippen molar-refractivity contribution >= 4 is 23.1 Å². The van der Waals surface area contributed by atoms with Gasteiger partial charge in [-0.2, -0.15) is 4.98 Å². The molecule has 4 rings (SSSR count). The number of hydrogen-bond acceptors (Lipinski definition) is 8. The molecule has 2 aliphatic heterocycles. The summed E-state index contributed by atoms with van der Waals surface area (Å²) in [6.45, 7) is 6.79. The van der Waals surface area contributed by atoms with Crippen LogP contribution in [0.1, 0.15) is 10.5 Å². The zero-order valence-electron chi connectivity index (χ0n) is 17.5. The molecule has 30 heavy (non-hydrogen) atoms. The molecule has 1 N–H and O–H groups in total. The molecule has 2 aliphatic rings. The molecule has 1 amide bonds. The van der Waals surface area contributed by atoms with E-state index in [0.29, 0.717) is 30.5 Å². The van der Waals surface area contributed by atoms with Crippen LogP contribution in [0.4, 0.5) is 17.2 Å². The number of amides is 1. The monoisotopic (exact) mass is 412 g/mol. The second kappa shape index (κ2) is 9.27. The summed E-state index contributed by atoms with van der Waals surface area (Å²) in [5.41, 5.74) is 1.84. The number of ether oxygens (including phenoxy) is 2. The van der Waals surface area contributed by atoms with Crippen LogP contribution in [0.2, 0.25) is 0 Å². The van der Waals surface area contributed by atoms with Gasteiger partial charge in [0.1, 0.15) is 17.2 Å². The molecular formula is C21H28N6O3. The van der Waals surface area contributed by atoms with Crippen molar-refractivity contribution in [1.29, 1.82) is 0 Å². The minimum atomic E-state index is -0.294. The number of methoxy groups -OCH3 is 1. The topological polar surface area (TPSA) is 83.1 Å². The van der Waals surface area contributed by atoms with Crippen LogP contribution >= 0.6 is 0 Å². The Labute approximate surface area is 176 Å². The van der Waals surface area contributed by atoms with Crippen molar-refractivity contribution in [2.75, 3.05) is 81.8 Å². The molecule has 0 bridgehead atoms. The predicted octanol–water partition coefficient (Wildman–Crippen LogP) is 1.33. The third-order valence-corrected chi connectivity index (χ3v) is 5.47. The van der Waals surface area contributed by atoms with E-state index < -0.39 is 0 Å². The number of nitrogens with zero attached hydrogens (tertiary/aromatic N) is 5. The predicted molar refractivity (Wildman–Crippen MR) is 116 cm³/mol. The number of nitrogens with one attached hydrogen (secondary N) is 1. The van der Waals surface area contributed by atoms with E-state index in [9.17, 15) is 4.79 Å². The van der Waals surface area contributed by atoms with E-state index in [1.54, 1.807) is 19.4 Å². The average Bonchev–Trinajstić information content (AvgIpc) is 2.80. The summed E-state index contributed by atoms with van der Waals surface area (Å²) < 4.78 is 10.8. The van der Waals surface area contributed by atoms with Crippen LogP contribution in [0.25, 0.3) is 0 Å². The number of likely N-dealkylation sites (N-methyl/N-ethyl adjacent to an activating group) is 1. The number of pyridine rings is 2. The number of morpholine rings is 1. The molecule has 0 saturated carbocycles. The minimum absolute atomic E-state index is 0.294. The van der Waals surface area contributed by atoms with Crippen LogP contribution in [0, 0.1) is 0 Å². The molecule has 2 fully saturated rings. The first kappa shape index (κ1) is 20.4. The molecule has 4 heterocycles. The van der Waals surface area contributed by atoms with Gasteiger partial charge in [0.15, 0.2) is 0 Å². The number of rotatable bonds is 5. The fraction of sp³-hybridized carbons (Fsp3) is 0.476. The Bertz CT molecular complexity index is 879. The largest absolute Gasteiger partial charge is 0.479 e. The lowest BCUT2D eigenvalue weighted by atomic mass is 10.2. The molecule has 0 atom stereocenters. The maximum absolute atomic E-state index is 12.8. The molecular weight excluding hydrogens is 384 g/mol. The number of piperazine rings is 1. The summed E-state index contributed by atoms with van der Waals surface area (Å²) >= 11 is 0. The van der Waals surface area contributed by atoms with Gasteiger partial charge in [0, 0.05) is 51.2 Å². The smallest absolute Gasteiger partial charge is 0.274 e. The third kappa shape index (κ3) is 4.63. The maximum Gasteiger partial charge on any atom is 0.274 e. The number of carbonyl (C=O) groups is 1. The Morgan fingerprint density at radius 3 is 2.57 bits per heavy atom. The summed E-state index contributed by atoms with van der Waals surface area (Å²) in [5.74, 6) is 0.951. The Morgan fingerprint density at radius 2 is 1.83 bits per heavy atom. The van der Waals surface area contributed by atoms with Crippen LogP contribution in [-0.2, 0) is 4.74 Å². The van der Waals surface area contributed by atoms with Gasteiger partial charge in [0.25, 0.3) is 5.91 Å². The summed E-state index contributed by atoms with van der Waals surface area (Å²) in [6, 6.07) is 7.47. The van der Waals surface area contributed by atoms with E-state index in [2.05, 4.69) is 37.0 Å². The van der Waals surface area contributed by atoms with Crippen LogP contribution in [0.3, 0.4) is 0 Å². The van der Waals surface area contributed by atoms with Gasteiger partial charge in [-0.25, -0.2) is 0 Å². The van der Waals surface area contributed by atoms with E-state index in [1.807, 2.05) is 18.2 Å². The second-order valence-electron chi connectivity index (χ2n) is 7.47. The van der Waals surface area contributed by atoms with Gasteiger partial charge in [0.2, 0.25) is 5.88 Å². The molecule has 9 nitrogen and oxygen atoms in total. The minimum Gasteiger partial charge on any atom is -0.479 e. The Balaban J connectivity index is 1.47. The zero-order valence-corrected chi connectivity index (χ0v) is 17.5. The second-order valence-corrected chi connectivity index (χ2v) is 7.47. The van der Waals surface area contributed by atoms with Crippen molar-refractivity contribution in [3.8, 4) is 5.88 Å². The fourth-order valence-electron chi connectivity index (χ4n) is 3.64. The average molecular weight is 412 g/mol. The van der Waals surface area contributed by atoms with E-state index in [-0.39, 0.29) is 5.91 Å². The van der Waals surface area contributed by atoms with Crippen molar-refractivity contribution in [3.63, 3.8) is 0 Å². The lowest BCUT2D eigenvalue weighted by Crippen LogP contribution is -2.44. The van der Waals surface area contributed by atoms with Crippen LogP contribution in [0.15, 0.2) is 30.5 Å². The van der Waals surface area contributed by atoms with Crippen molar-refractivity contribution < 1.29 is 14.3 Å². The van der Waals surface area contributed by atoms with Crippen molar-refractivity contribution in [1.82, 2.24) is 14.9 Å². The molecule has 0 aromatic carbocycles. The highest BCUT2D eigenvalue weighted by Crippen LogP contribution is 2.27. The summed E-state index contributed by atoms with van der Waals surface area (Å²) in [6.07, 6.45) is 1.66. The third-order valence-electron chi connectivity index (χ3n) is 5.47. The quantitative estimate of drug-likeness (QED) is 0.788. The molecule has 160 valence electrons. The number of carbonyl (C=O) groups excluding carboxylic acids is 1. The van der Waals surface area contributed by atoms with Gasteiger partial charge in [-0.1, -0.05) is 0 Å². The standard InChI is InChI=1S/C21H28N6O3/c1-25-7-9-27(10-8-25)19-4-3-17(21(24-19)29-2)23-20(28)18-15-16(5-6-22-18)26-11-13-30-14-12-26/h3-6,15H,7-14H2,1-2H3,(H,23,28). The molecule has 0 radical (unpaired) electrons. The fourth-order valence-corrected chi connectivity index (χ4v) is 3.64. The lowest BCUT2D eigenvalue weighted by molar-refractivity contribution is 0.102. The van der Waals surface area contributed by atoms with Gasteiger partial charge in [-0.15, -0.1) is 0 Å². The SMILES string of the molecule is COc1nc(N2CCN(C)CC2)ccc1NC(=O)c1cc(N2CCOCC2)ccn1. The number of hydrogen-bond donors (Lipinski definition) is 1. The highest BCUT2D eigenvalue weighted by molar-refractivity contribution is 6.04. The van der Waals surface area contributed by atoms with Crippen molar-refractivity contribution in [2.24, 2.45) is 0 Å². The Morgan fingerprint density at radius 1 is 1.07 bits per heavy atom. The van der Waals surface area contributed by atoms with E-state index in [1.165, 1.54) is 0 Å². The Hall–Kier alpha value is -2.91. The number of aromatic nitrogens is 2. The van der Waals surface area contributed by atoms with Gasteiger partial charge in [-0.05, 0) is 31.3 Å². The first-order chi connectivity index (χ1) is 14.6. The molecule has 0 aliphatic carbocycles. The molecule has 0 spiro atoms. The van der Waals surface area contributed by atoms with Crippen molar-refractivity contribution in [2.45, 2.75) is 0 Å². The normalized spacial score (nSPS) is 17.7. The van der Waals surface area contributed by atoms with Gasteiger partial charge >= 0.3 is 0 Å². The van der Waals surface area contributed by atoms with E-state index in [4.69, 9.17) is 9.47 Å². The van der Waals surface area contributed by atoms with Gasteiger partial charge in [0.05, 0.1) is 20.3 Å². The lowest BCUT2D eigenvalue weighted by Gasteiger charge is -2.33. The first-order valence-corrected chi connectivity index (χ1v) is 10.2. The number of anilines is 3. The Kier molecular flexibility index (Phi) is 6.29.